The SMILES string of the molecule is O=C(CN(CCCc1ccccc1)S(=O)(=O)c1ccccc1)N1CCNCC1.O=C(O)C(F)(F)F. The molecular weight excluding hydrogens is 487 g/mol. The Bertz CT molecular complexity index is 1050. The van der Waals surface area contributed by atoms with E-state index in [9.17, 15) is 26.4 Å². The van der Waals surface area contributed by atoms with Crippen molar-refractivity contribution in [2.24, 2.45) is 0 Å². The Labute approximate surface area is 202 Å². The number of rotatable bonds is 8. The maximum absolute atomic E-state index is 13.1. The number of benzene rings is 2. The highest BCUT2D eigenvalue weighted by atomic mass is 32.2. The first kappa shape index (κ1) is 28.3. The third-order valence-corrected chi connectivity index (χ3v) is 6.98. The van der Waals surface area contributed by atoms with Crippen LogP contribution in [-0.2, 0) is 26.0 Å². The zero-order valence-corrected chi connectivity index (χ0v) is 19.8. The molecule has 0 atom stereocenters. The molecule has 1 fully saturated rings. The fourth-order valence-electron chi connectivity index (χ4n) is 3.30. The number of alkyl halides is 3. The van der Waals surface area contributed by atoms with E-state index < -0.39 is 22.2 Å². The van der Waals surface area contributed by atoms with Crippen LogP contribution in [0.15, 0.2) is 65.6 Å². The summed E-state index contributed by atoms with van der Waals surface area (Å²) in [5, 5.41) is 10.3. The van der Waals surface area contributed by atoms with E-state index in [1.165, 1.54) is 4.31 Å². The van der Waals surface area contributed by atoms with Crippen molar-refractivity contribution in [3.8, 4) is 0 Å². The average molecular weight is 516 g/mol. The number of hydrogen-bond acceptors (Lipinski definition) is 5. The Kier molecular flexibility index (Phi) is 10.7. The van der Waals surface area contributed by atoms with Gasteiger partial charge in [-0.15, -0.1) is 0 Å². The molecule has 0 radical (unpaired) electrons. The van der Waals surface area contributed by atoms with Gasteiger partial charge in [0.2, 0.25) is 15.9 Å². The summed E-state index contributed by atoms with van der Waals surface area (Å²) in [4.78, 5) is 23.6. The third-order valence-electron chi connectivity index (χ3n) is 5.12. The Hall–Kier alpha value is -2.96. The molecule has 0 saturated carbocycles. The Balaban J connectivity index is 0.000000540. The zero-order valence-electron chi connectivity index (χ0n) is 18.9. The number of aryl methyl sites for hydroxylation is 1. The van der Waals surface area contributed by atoms with Crippen molar-refractivity contribution in [1.82, 2.24) is 14.5 Å². The van der Waals surface area contributed by atoms with Gasteiger partial charge in [-0.2, -0.15) is 17.5 Å². The van der Waals surface area contributed by atoms with Gasteiger partial charge >= 0.3 is 12.1 Å². The second kappa shape index (κ2) is 13.2. The van der Waals surface area contributed by atoms with Crippen molar-refractivity contribution in [1.29, 1.82) is 0 Å². The lowest BCUT2D eigenvalue weighted by Crippen LogP contribution is -2.50. The van der Waals surface area contributed by atoms with Gasteiger partial charge in [-0.05, 0) is 30.5 Å². The van der Waals surface area contributed by atoms with Crippen LogP contribution >= 0.6 is 0 Å². The van der Waals surface area contributed by atoms with Crippen molar-refractivity contribution < 1.29 is 36.3 Å². The molecule has 1 saturated heterocycles. The Morgan fingerprint density at radius 3 is 2.00 bits per heavy atom. The molecule has 1 heterocycles. The van der Waals surface area contributed by atoms with Gasteiger partial charge in [-0.1, -0.05) is 48.5 Å². The van der Waals surface area contributed by atoms with Crippen LogP contribution in [0, 0.1) is 0 Å². The second-order valence-electron chi connectivity index (χ2n) is 7.67. The lowest BCUT2D eigenvalue weighted by molar-refractivity contribution is -0.192. The van der Waals surface area contributed by atoms with E-state index in [-0.39, 0.29) is 17.3 Å². The Morgan fingerprint density at radius 2 is 1.49 bits per heavy atom. The highest BCUT2D eigenvalue weighted by Gasteiger charge is 2.38. The standard InChI is InChI=1S/C21H27N3O3S.C2HF3O2/c25-21(23-16-13-22-14-17-23)18-24(15-7-10-19-8-3-1-4-9-19)28(26,27)20-11-5-2-6-12-20;3-2(4,5)1(6)7/h1-6,8-9,11-12,22H,7,10,13-18H2;(H,6,7). The van der Waals surface area contributed by atoms with Gasteiger partial charge in [0.15, 0.2) is 0 Å². The quantitative estimate of drug-likeness (QED) is 0.559. The number of carbonyl (C=O) groups excluding carboxylic acids is 1. The van der Waals surface area contributed by atoms with Gasteiger partial charge in [-0.3, -0.25) is 4.79 Å². The number of halogens is 3. The number of hydrogen-bond donors (Lipinski definition) is 2. The molecule has 1 aliphatic heterocycles. The number of aliphatic carboxylic acids is 1. The summed E-state index contributed by atoms with van der Waals surface area (Å²) in [5.74, 6) is -2.90. The van der Waals surface area contributed by atoms with E-state index in [0.29, 0.717) is 26.1 Å². The van der Waals surface area contributed by atoms with Gasteiger partial charge in [0.25, 0.3) is 0 Å². The number of piperazine rings is 1. The zero-order chi connectivity index (χ0) is 25.9. The van der Waals surface area contributed by atoms with Gasteiger partial charge in [0, 0.05) is 32.7 Å². The molecule has 2 aromatic rings. The fraction of sp³-hybridized carbons (Fsp3) is 0.391. The van der Waals surface area contributed by atoms with Crippen LogP contribution in [0.5, 0.6) is 0 Å². The van der Waals surface area contributed by atoms with Gasteiger partial charge in [-0.25, -0.2) is 13.2 Å². The van der Waals surface area contributed by atoms with Crippen molar-refractivity contribution in [3.05, 3.63) is 66.2 Å². The summed E-state index contributed by atoms with van der Waals surface area (Å²) >= 11 is 0. The first-order valence-electron chi connectivity index (χ1n) is 10.9. The van der Waals surface area contributed by atoms with E-state index in [2.05, 4.69) is 5.32 Å². The maximum atomic E-state index is 13.1. The molecule has 0 aromatic heterocycles. The van der Waals surface area contributed by atoms with E-state index in [1.807, 2.05) is 30.3 Å². The largest absolute Gasteiger partial charge is 0.490 e. The number of sulfonamides is 1. The van der Waals surface area contributed by atoms with Crippen molar-refractivity contribution in [2.45, 2.75) is 23.9 Å². The minimum Gasteiger partial charge on any atom is -0.475 e. The molecule has 35 heavy (non-hydrogen) atoms. The molecule has 1 amide bonds. The number of nitrogens with one attached hydrogen (secondary N) is 1. The van der Waals surface area contributed by atoms with E-state index in [4.69, 9.17) is 9.90 Å². The normalized spacial score (nSPS) is 14.2. The van der Waals surface area contributed by atoms with Crippen molar-refractivity contribution >= 4 is 21.9 Å². The molecule has 8 nitrogen and oxygen atoms in total. The van der Waals surface area contributed by atoms with Crippen LogP contribution in [-0.4, -0.2) is 80.1 Å². The molecule has 2 N–H and O–H groups in total. The van der Waals surface area contributed by atoms with Crippen LogP contribution in [0.3, 0.4) is 0 Å². The molecule has 12 heteroatoms. The van der Waals surface area contributed by atoms with E-state index >= 15 is 0 Å². The number of carbonyl (C=O) groups is 2. The van der Waals surface area contributed by atoms with E-state index in [0.717, 1.165) is 25.1 Å². The molecule has 1 aliphatic rings. The molecule has 2 aromatic carbocycles. The topological polar surface area (TPSA) is 107 Å². The van der Waals surface area contributed by atoms with E-state index in [1.54, 1.807) is 35.2 Å². The van der Waals surface area contributed by atoms with Crippen molar-refractivity contribution in [2.75, 3.05) is 39.3 Å². The number of amides is 1. The highest BCUT2D eigenvalue weighted by Crippen LogP contribution is 2.17. The first-order chi connectivity index (χ1) is 16.5. The minimum absolute atomic E-state index is 0.119. The first-order valence-corrected chi connectivity index (χ1v) is 12.3. The van der Waals surface area contributed by atoms with Crippen molar-refractivity contribution in [3.63, 3.8) is 0 Å². The maximum Gasteiger partial charge on any atom is 0.490 e. The smallest absolute Gasteiger partial charge is 0.475 e. The average Bonchev–Trinajstić information content (AvgIpc) is 2.85. The molecule has 3 rings (SSSR count). The molecule has 0 spiro atoms. The minimum atomic E-state index is -5.08. The second-order valence-corrected chi connectivity index (χ2v) is 9.61. The monoisotopic (exact) mass is 515 g/mol. The van der Waals surface area contributed by atoms with Crippen LogP contribution in [0.25, 0.3) is 0 Å². The summed E-state index contributed by atoms with van der Waals surface area (Å²) in [7, 11) is -3.72. The number of carboxylic acid groups (broad SMARTS) is 1. The summed E-state index contributed by atoms with van der Waals surface area (Å²) in [5.41, 5.74) is 1.16. The summed E-state index contributed by atoms with van der Waals surface area (Å²) < 4.78 is 59.3. The fourth-order valence-corrected chi connectivity index (χ4v) is 4.74. The third kappa shape index (κ3) is 9.30. The lowest BCUT2D eigenvalue weighted by atomic mass is 10.1. The lowest BCUT2D eigenvalue weighted by Gasteiger charge is -2.30. The highest BCUT2D eigenvalue weighted by molar-refractivity contribution is 7.89. The summed E-state index contributed by atoms with van der Waals surface area (Å²) in [6.07, 6.45) is -3.66. The Morgan fingerprint density at radius 1 is 0.971 bits per heavy atom. The number of nitrogens with zero attached hydrogens (tertiary/aromatic N) is 2. The predicted octanol–water partition coefficient (Wildman–Crippen LogP) is 2.38. The predicted molar refractivity (Wildman–Crippen MR) is 123 cm³/mol. The molecule has 0 aliphatic carbocycles. The summed E-state index contributed by atoms with van der Waals surface area (Å²) in [6, 6.07) is 18.3. The molecular formula is C23H28F3N3O5S. The number of carboxylic acids is 1. The van der Waals surface area contributed by atoms with Crippen LogP contribution in [0.1, 0.15) is 12.0 Å². The van der Waals surface area contributed by atoms with Crippen LogP contribution < -0.4 is 5.32 Å². The van der Waals surface area contributed by atoms with Gasteiger partial charge in [0.05, 0.1) is 11.4 Å². The van der Waals surface area contributed by atoms with Gasteiger partial charge in [0.1, 0.15) is 0 Å². The molecule has 0 unspecified atom stereocenters. The van der Waals surface area contributed by atoms with Crippen LogP contribution in [0.2, 0.25) is 0 Å². The molecule has 0 bridgehead atoms. The molecule has 192 valence electrons. The van der Waals surface area contributed by atoms with Gasteiger partial charge < -0.3 is 15.3 Å². The van der Waals surface area contributed by atoms with Crippen LogP contribution in [0.4, 0.5) is 13.2 Å². The summed E-state index contributed by atoms with van der Waals surface area (Å²) in [6.45, 7) is 2.90.